The van der Waals surface area contributed by atoms with Gasteiger partial charge in [-0.1, -0.05) is 25.8 Å². The van der Waals surface area contributed by atoms with E-state index in [1.807, 2.05) is 0 Å². The van der Waals surface area contributed by atoms with Gasteiger partial charge in [-0.3, -0.25) is 0 Å². The maximum atomic E-state index is 12.4. The van der Waals surface area contributed by atoms with Crippen LogP contribution in [0.3, 0.4) is 0 Å². The van der Waals surface area contributed by atoms with Gasteiger partial charge in [-0.2, -0.15) is 0 Å². The zero-order chi connectivity index (χ0) is 7.11. The Balaban J connectivity index is 3.04. The zero-order valence-corrected chi connectivity index (χ0v) is 5.99. The van der Waals surface area contributed by atoms with E-state index in [0.717, 1.165) is 12.8 Å². The van der Waals surface area contributed by atoms with Crippen LogP contribution in [0.1, 0.15) is 32.6 Å². The van der Waals surface area contributed by atoms with Gasteiger partial charge in [0.1, 0.15) is 6.17 Å². The molecule has 0 aliphatic carbocycles. The van der Waals surface area contributed by atoms with Gasteiger partial charge in [0.25, 0.3) is 0 Å². The van der Waals surface area contributed by atoms with Crippen LogP contribution in [0, 0.1) is 6.17 Å². The molecule has 9 heavy (non-hydrogen) atoms. The smallest absolute Gasteiger partial charge is 0.148 e. The summed E-state index contributed by atoms with van der Waals surface area (Å²) in [5.74, 6) is 0. The lowest BCUT2D eigenvalue weighted by atomic mass is 10.1. The van der Waals surface area contributed by atoms with E-state index in [4.69, 9.17) is 0 Å². The second-order valence-corrected chi connectivity index (χ2v) is 2.11. The molecule has 53 valence electrons. The van der Waals surface area contributed by atoms with Gasteiger partial charge in [-0.05, 0) is 6.42 Å². The Hall–Kier alpha value is -0.330. The van der Waals surface area contributed by atoms with E-state index in [2.05, 4.69) is 13.5 Å². The fraction of sp³-hybridized carbons (Fsp3) is 0.625. The fourth-order valence-corrected chi connectivity index (χ4v) is 0.627. The molecule has 0 aromatic carbocycles. The highest BCUT2D eigenvalue weighted by Gasteiger charge is 2.02. The molecule has 0 nitrogen and oxygen atoms in total. The van der Waals surface area contributed by atoms with Crippen molar-refractivity contribution in [1.82, 2.24) is 0 Å². The van der Waals surface area contributed by atoms with Crippen LogP contribution in [0.15, 0.2) is 12.7 Å². The first-order valence-electron chi connectivity index (χ1n) is 3.42. The second-order valence-electron chi connectivity index (χ2n) is 2.11. The average Bonchev–Trinajstić information content (AvgIpc) is 1.85. The molecule has 0 spiro atoms. The maximum absolute atomic E-state index is 12.4. The molecule has 0 saturated carbocycles. The number of rotatable bonds is 5. The molecule has 1 heteroatoms. The molecular weight excluding hydrogens is 115 g/mol. The van der Waals surface area contributed by atoms with E-state index >= 15 is 0 Å². The van der Waals surface area contributed by atoms with Crippen LogP contribution in [-0.2, 0) is 0 Å². The van der Waals surface area contributed by atoms with Crippen molar-refractivity contribution < 1.29 is 4.39 Å². The molecule has 1 radical (unpaired) electrons. The average molecular weight is 129 g/mol. The molecule has 0 heterocycles. The van der Waals surface area contributed by atoms with E-state index < -0.39 is 0 Å². The largest absolute Gasteiger partial charge is 0.240 e. The summed E-state index contributed by atoms with van der Waals surface area (Å²) in [5.41, 5.74) is 0. The van der Waals surface area contributed by atoms with Crippen LogP contribution in [0.4, 0.5) is 4.39 Å². The van der Waals surface area contributed by atoms with Crippen molar-refractivity contribution in [2.75, 3.05) is 0 Å². The lowest BCUT2D eigenvalue weighted by Crippen LogP contribution is -1.85. The minimum atomic E-state index is 0.0619. The first kappa shape index (κ1) is 8.67. The Morgan fingerprint density at radius 2 is 2.33 bits per heavy atom. The summed E-state index contributed by atoms with van der Waals surface area (Å²) in [6.45, 7) is 5.50. The van der Waals surface area contributed by atoms with Gasteiger partial charge in [0.05, 0.1) is 0 Å². The number of unbranched alkanes of at least 4 members (excludes halogenated alkanes) is 1. The topological polar surface area (TPSA) is 0 Å². The van der Waals surface area contributed by atoms with Gasteiger partial charge < -0.3 is 0 Å². The monoisotopic (exact) mass is 129 g/mol. The minimum absolute atomic E-state index is 0.0619. The first-order chi connectivity index (χ1) is 4.31. The van der Waals surface area contributed by atoms with E-state index in [1.165, 1.54) is 0 Å². The van der Waals surface area contributed by atoms with Crippen molar-refractivity contribution in [3.05, 3.63) is 18.8 Å². The van der Waals surface area contributed by atoms with E-state index in [0.29, 0.717) is 12.8 Å². The summed E-state index contributed by atoms with van der Waals surface area (Å²) < 4.78 is 12.4. The summed E-state index contributed by atoms with van der Waals surface area (Å²) in [6, 6.07) is 0. The Labute approximate surface area is 56.8 Å². The SMILES string of the molecule is C=CC[C](F)CCCC. The van der Waals surface area contributed by atoms with Crippen LogP contribution in [0.5, 0.6) is 0 Å². The summed E-state index contributed by atoms with van der Waals surface area (Å²) in [5, 5.41) is 0. The zero-order valence-electron chi connectivity index (χ0n) is 5.99. The molecule has 0 aromatic rings. The molecule has 0 aromatic heterocycles. The highest BCUT2D eigenvalue weighted by Crippen LogP contribution is 2.15. The Morgan fingerprint density at radius 1 is 1.67 bits per heavy atom. The Bertz CT molecular complexity index is 69.0. The standard InChI is InChI=1S/C8H14F/c1-3-5-7-8(9)6-4-2/h4H,2-3,5-7H2,1H3. The molecule has 0 rings (SSSR count). The molecule has 0 saturated heterocycles. The fourth-order valence-electron chi connectivity index (χ4n) is 0.627. The van der Waals surface area contributed by atoms with Crippen molar-refractivity contribution in [2.45, 2.75) is 32.6 Å². The lowest BCUT2D eigenvalue weighted by Gasteiger charge is -1.99. The molecule has 0 bridgehead atoms. The van der Waals surface area contributed by atoms with Crippen LogP contribution in [0.25, 0.3) is 0 Å². The van der Waals surface area contributed by atoms with Crippen molar-refractivity contribution in [1.29, 1.82) is 0 Å². The Morgan fingerprint density at radius 3 is 2.78 bits per heavy atom. The van der Waals surface area contributed by atoms with Crippen LogP contribution in [0.2, 0.25) is 0 Å². The van der Waals surface area contributed by atoms with Gasteiger partial charge in [-0.25, -0.2) is 4.39 Å². The van der Waals surface area contributed by atoms with Gasteiger partial charge in [-0.15, -0.1) is 6.58 Å². The molecule has 0 atom stereocenters. The third kappa shape index (κ3) is 5.54. The van der Waals surface area contributed by atoms with Crippen molar-refractivity contribution in [3.8, 4) is 0 Å². The third-order valence-electron chi connectivity index (χ3n) is 1.17. The molecule has 0 aliphatic rings. The summed E-state index contributed by atoms with van der Waals surface area (Å²) in [6.07, 6.45) is 4.73. The highest BCUT2D eigenvalue weighted by atomic mass is 19.1. The number of allylic oxidation sites excluding steroid dienone is 1. The normalized spacial score (nSPS) is 10.1. The number of halogens is 1. The quantitative estimate of drug-likeness (QED) is 0.500. The predicted molar refractivity (Wildman–Crippen MR) is 38.7 cm³/mol. The van der Waals surface area contributed by atoms with Crippen molar-refractivity contribution >= 4 is 0 Å². The molecular formula is C8H14F. The number of hydrogen-bond acceptors (Lipinski definition) is 0. The van der Waals surface area contributed by atoms with E-state index in [9.17, 15) is 4.39 Å². The van der Waals surface area contributed by atoms with E-state index in [-0.39, 0.29) is 6.17 Å². The first-order valence-corrected chi connectivity index (χ1v) is 3.42. The molecule has 0 fully saturated rings. The highest BCUT2D eigenvalue weighted by molar-refractivity contribution is 4.85. The van der Waals surface area contributed by atoms with Crippen LogP contribution >= 0.6 is 0 Å². The lowest BCUT2D eigenvalue weighted by molar-refractivity contribution is 0.439. The minimum Gasteiger partial charge on any atom is -0.240 e. The maximum Gasteiger partial charge on any atom is 0.148 e. The molecule has 0 aliphatic heterocycles. The van der Waals surface area contributed by atoms with Gasteiger partial charge in [0.15, 0.2) is 0 Å². The van der Waals surface area contributed by atoms with Gasteiger partial charge in [0, 0.05) is 6.42 Å². The third-order valence-corrected chi connectivity index (χ3v) is 1.17. The van der Waals surface area contributed by atoms with Crippen molar-refractivity contribution in [2.24, 2.45) is 0 Å². The van der Waals surface area contributed by atoms with E-state index in [1.54, 1.807) is 6.08 Å². The number of hydrogen-bond donors (Lipinski definition) is 0. The van der Waals surface area contributed by atoms with Crippen molar-refractivity contribution in [3.63, 3.8) is 0 Å². The van der Waals surface area contributed by atoms with Crippen LogP contribution < -0.4 is 0 Å². The second kappa shape index (κ2) is 5.80. The summed E-state index contributed by atoms with van der Waals surface area (Å²) >= 11 is 0. The van der Waals surface area contributed by atoms with Gasteiger partial charge >= 0.3 is 0 Å². The predicted octanol–water partition coefficient (Wildman–Crippen LogP) is 3.25. The molecule has 0 unspecified atom stereocenters. The molecule has 0 N–H and O–H groups in total. The van der Waals surface area contributed by atoms with Crippen LogP contribution in [-0.4, -0.2) is 0 Å². The summed E-state index contributed by atoms with van der Waals surface area (Å²) in [7, 11) is 0. The summed E-state index contributed by atoms with van der Waals surface area (Å²) in [4.78, 5) is 0. The van der Waals surface area contributed by atoms with Gasteiger partial charge in [0.2, 0.25) is 0 Å². The Kier molecular flexibility index (Phi) is 5.59. The molecule has 0 amide bonds.